The molecule has 38 heavy (non-hydrogen) atoms. The maximum absolute atomic E-state index is 13.6. The summed E-state index contributed by atoms with van der Waals surface area (Å²) in [4.78, 5) is 44.2. The largest absolute Gasteiger partial charge is 0.383 e. The van der Waals surface area contributed by atoms with Crippen LogP contribution in [0.15, 0.2) is 24.5 Å². The molecule has 3 amide bonds. The summed E-state index contributed by atoms with van der Waals surface area (Å²) in [5, 5.41) is 13.1. The van der Waals surface area contributed by atoms with Crippen LogP contribution in [0.4, 0.5) is 11.5 Å². The predicted molar refractivity (Wildman–Crippen MR) is 140 cm³/mol. The lowest BCUT2D eigenvalue weighted by Gasteiger charge is -2.32. The van der Waals surface area contributed by atoms with Gasteiger partial charge in [0.2, 0.25) is 11.8 Å². The monoisotopic (exact) mass is 524 g/mol. The normalized spacial score (nSPS) is 22.9. The van der Waals surface area contributed by atoms with Crippen molar-refractivity contribution >= 4 is 29.2 Å². The minimum Gasteiger partial charge on any atom is -0.383 e. The van der Waals surface area contributed by atoms with E-state index in [0.717, 1.165) is 31.2 Å². The summed E-state index contributed by atoms with van der Waals surface area (Å²) in [5.74, 6) is 0.219. The van der Waals surface area contributed by atoms with E-state index in [-0.39, 0.29) is 23.6 Å². The molecule has 1 unspecified atom stereocenters. The Morgan fingerprint density at radius 3 is 2.76 bits per heavy atom. The van der Waals surface area contributed by atoms with E-state index in [1.807, 2.05) is 0 Å². The van der Waals surface area contributed by atoms with Crippen LogP contribution >= 0.6 is 0 Å². The number of methoxy groups -OCH3 is 1. The quantitative estimate of drug-likeness (QED) is 0.483. The van der Waals surface area contributed by atoms with Crippen LogP contribution in [0.2, 0.25) is 0 Å². The van der Waals surface area contributed by atoms with Gasteiger partial charge in [-0.15, -0.1) is 0 Å². The molecular weight excluding hydrogens is 488 g/mol. The van der Waals surface area contributed by atoms with Crippen molar-refractivity contribution in [1.82, 2.24) is 20.1 Å². The van der Waals surface area contributed by atoms with Gasteiger partial charge in [0.25, 0.3) is 5.91 Å². The number of hydrogen-bond donors (Lipinski definition) is 3. The van der Waals surface area contributed by atoms with E-state index in [4.69, 9.17) is 9.47 Å². The van der Waals surface area contributed by atoms with Gasteiger partial charge < -0.3 is 25.4 Å². The summed E-state index contributed by atoms with van der Waals surface area (Å²) in [7, 11) is 1.59. The average molecular weight is 525 g/mol. The molecule has 1 saturated carbocycles. The average Bonchev–Trinajstić information content (AvgIpc) is 3.49. The highest BCUT2D eigenvalue weighted by Crippen LogP contribution is 2.44. The van der Waals surface area contributed by atoms with Crippen molar-refractivity contribution in [2.24, 2.45) is 11.8 Å². The minimum atomic E-state index is -0.729. The summed E-state index contributed by atoms with van der Waals surface area (Å²) in [6.45, 7) is 4.12. The van der Waals surface area contributed by atoms with E-state index in [9.17, 15) is 14.4 Å². The van der Waals surface area contributed by atoms with Crippen molar-refractivity contribution in [1.29, 1.82) is 0 Å². The number of pyridine rings is 1. The molecule has 5 rings (SSSR count). The van der Waals surface area contributed by atoms with Crippen LogP contribution in [0, 0.1) is 11.8 Å². The Morgan fingerprint density at radius 2 is 2.03 bits per heavy atom. The van der Waals surface area contributed by atoms with Gasteiger partial charge in [-0.1, -0.05) is 19.8 Å². The van der Waals surface area contributed by atoms with E-state index < -0.39 is 11.5 Å². The number of aromatic nitrogens is 3. The Labute approximate surface area is 222 Å². The second-order valence-corrected chi connectivity index (χ2v) is 10.7. The third-order valence-electron chi connectivity index (χ3n) is 8.26. The zero-order chi connectivity index (χ0) is 26.7. The van der Waals surface area contributed by atoms with Gasteiger partial charge in [-0.25, -0.2) is 4.98 Å². The van der Waals surface area contributed by atoms with Gasteiger partial charge in [0, 0.05) is 44.3 Å². The van der Waals surface area contributed by atoms with E-state index in [2.05, 4.69) is 33.0 Å². The highest BCUT2D eigenvalue weighted by atomic mass is 16.5. The van der Waals surface area contributed by atoms with Gasteiger partial charge in [0.1, 0.15) is 17.6 Å². The van der Waals surface area contributed by atoms with E-state index >= 15 is 0 Å². The summed E-state index contributed by atoms with van der Waals surface area (Å²) < 4.78 is 12.2. The molecule has 11 nitrogen and oxygen atoms in total. The molecule has 0 bridgehead atoms. The number of carbonyl (C=O) groups is 3. The molecule has 1 spiro atoms. The summed E-state index contributed by atoms with van der Waals surface area (Å²) in [6, 6.07) is 2.61. The summed E-state index contributed by atoms with van der Waals surface area (Å²) in [6.07, 6.45) is 8.16. The highest BCUT2D eigenvalue weighted by Gasteiger charge is 2.48. The van der Waals surface area contributed by atoms with Gasteiger partial charge in [0.15, 0.2) is 0 Å². The number of nitrogens with one attached hydrogen (secondary N) is 3. The molecule has 2 aromatic heterocycles. The number of nitrogens with zero attached hydrogens (tertiary/aromatic N) is 3. The first kappa shape index (κ1) is 26.3. The number of ether oxygens (including phenoxy) is 2. The maximum Gasteiger partial charge on any atom is 0.270 e. The maximum atomic E-state index is 13.6. The first-order valence-corrected chi connectivity index (χ1v) is 13.4. The van der Waals surface area contributed by atoms with Crippen LogP contribution in [0.1, 0.15) is 61.5 Å². The predicted octanol–water partition coefficient (Wildman–Crippen LogP) is 2.49. The fourth-order valence-corrected chi connectivity index (χ4v) is 5.91. The Balaban J connectivity index is 1.34. The van der Waals surface area contributed by atoms with Gasteiger partial charge in [-0.2, -0.15) is 5.10 Å². The molecule has 3 N–H and O–H groups in total. The van der Waals surface area contributed by atoms with Crippen LogP contribution in [0.5, 0.6) is 0 Å². The Morgan fingerprint density at radius 1 is 1.26 bits per heavy atom. The first-order valence-electron chi connectivity index (χ1n) is 13.4. The standard InChI is InChI=1S/C27H36N6O5/c1-17-3-5-18(6-4-17)23(32-24(34)21-7-10-29-33(21)11-14-37-2)25(35)31-22-15-20-19(16-28-22)27(26(36)30-20)8-12-38-13-9-27/h7,10,15-18,23H,3-6,8-9,11-14H2,1-2H3,(H,30,36)(H,32,34)(H,28,31,35). The fourth-order valence-electron chi connectivity index (χ4n) is 5.91. The second-order valence-electron chi connectivity index (χ2n) is 10.7. The highest BCUT2D eigenvalue weighted by molar-refractivity contribution is 6.07. The Kier molecular flexibility index (Phi) is 7.75. The van der Waals surface area contributed by atoms with Crippen molar-refractivity contribution in [2.75, 3.05) is 37.6 Å². The topological polar surface area (TPSA) is 136 Å². The van der Waals surface area contributed by atoms with Crippen LogP contribution in [-0.2, 0) is 31.0 Å². The number of carbonyl (C=O) groups excluding carboxylic acids is 3. The minimum absolute atomic E-state index is 0.00475. The summed E-state index contributed by atoms with van der Waals surface area (Å²) >= 11 is 0. The van der Waals surface area contributed by atoms with Crippen LogP contribution < -0.4 is 16.0 Å². The Hall–Kier alpha value is -3.31. The van der Waals surface area contributed by atoms with Gasteiger partial charge in [-0.3, -0.25) is 19.1 Å². The smallest absolute Gasteiger partial charge is 0.270 e. The summed E-state index contributed by atoms with van der Waals surface area (Å²) in [5.41, 5.74) is 1.27. The van der Waals surface area contributed by atoms with E-state index in [1.165, 1.54) is 0 Å². The number of rotatable bonds is 8. The molecule has 1 atom stereocenters. The molecule has 4 heterocycles. The number of hydrogen-bond acceptors (Lipinski definition) is 7. The lowest BCUT2D eigenvalue weighted by atomic mass is 9.76. The van der Waals surface area contributed by atoms with Crippen LogP contribution in [-0.4, -0.2) is 65.5 Å². The molecular formula is C27H36N6O5. The molecule has 1 saturated heterocycles. The Bertz CT molecular complexity index is 1180. The number of anilines is 2. The van der Waals surface area contributed by atoms with Crippen molar-refractivity contribution in [3.8, 4) is 0 Å². The molecule has 2 fully saturated rings. The van der Waals surface area contributed by atoms with Gasteiger partial charge >= 0.3 is 0 Å². The zero-order valence-corrected chi connectivity index (χ0v) is 22.0. The lowest BCUT2D eigenvalue weighted by Crippen LogP contribution is -2.49. The molecule has 11 heteroatoms. The number of amides is 3. The molecule has 2 aromatic rings. The molecule has 0 aromatic carbocycles. The van der Waals surface area contributed by atoms with E-state index in [1.54, 1.807) is 36.3 Å². The van der Waals surface area contributed by atoms with E-state index in [0.29, 0.717) is 62.3 Å². The van der Waals surface area contributed by atoms with Crippen molar-refractivity contribution in [3.63, 3.8) is 0 Å². The SMILES string of the molecule is COCCn1nccc1C(=O)NC(C(=O)Nc1cc2c(cn1)C1(CCOCC1)C(=O)N2)C1CCC(C)CC1. The fraction of sp³-hybridized carbons (Fsp3) is 0.593. The molecule has 3 aliphatic rings. The van der Waals surface area contributed by atoms with Crippen molar-refractivity contribution < 1.29 is 23.9 Å². The van der Waals surface area contributed by atoms with Crippen molar-refractivity contribution in [2.45, 2.75) is 63.5 Å². The van der Waals surface area contributed by atoms with Gasteiger partial charge in [-0.05, 0) is 43.6 Å². The molecule has 2 aliphatic heterocycles. The van der Waals surface area contributed by atoms with Crippen molar-refractivity contribution in [3.05, 3.63) is 35.8 Å². The van der Waals surface area contributed by atoms with Crippen LogP contribution in [0.25, 0.3) is 0 Å². The van der Waals surface area contributed by atoms with Gasteiger partial charge in [0.05, 0.1) is 24.3 Å². The first-order chi connectivity index (χ1) is 18.4. The van der Waals surface area contributed by atoms with Crippen LogP contribution in [0.3, 0.4) is 0 Å². The third-order valence-corrected chi connectivity index (χ3v) is 8.26. The molecule has 204 valence electrons. The molecule has 1 aliphatic carbocycles. The molecule has 0 radical (unpaired) electrons. The number of fused-ring (bicyclic) bond motifs is 2. The zero-order valence-electron chi connectivity index (χ0n) is 22.0. The second kappa shape index (κ2) is 11.2. The lowest BCUT2D eigenvalue weighted by molar-refractivity contribution is -0.124. The third kappa shape index (κ3) is 5.17.